The molecule has 76 valence electrons. The Bertz CT molecular complexity index is 426. The van der Waals surface area contributed by atoms with Crippen molar-refractivity contribution in [1.29, 1.82) is 5.26 Å². The Balaban J connectivity index is 2.95. The summed E-state index contributed by atoms with van der Waals surface area (Å²) < 4.78 is 0. The summed E-state index contributed by atoms with van der Waals surface area (Å²) in [5.41, 5.74) is 1.27. The third-order valence-corrected chi connectivity index (χ3v) is 2.36. The van der Waals surface area contributed by atoms with Crippen LogP contribution in [0.15, 0.2) is 18.2 Å². The Hall–Kier alpha value is -1.64. The van der Waals surface area contributed by atoms with Crippen molar-refractivity contribution in [1.82, 2.24) is 0 Å². The predicted molar refractivity (Wildman–Crippen MR) is 62.7 cm³/mol. The summed E-state index contributed by atoms with van der Waals surface area (Å²) in [6.45, 7) is 1.99. The topological polar surface area (TPSA) is 35.8 Å². The lowest BCUT2D eigenvalue weighted by Crippen LogP contribution is -2.15. The first-order valence-electron chi connectivity index (χ1n) is 4.63. The van der Waals surface area contributed by atoms with Crippen LogP contribution in [0.3, 0.4) is 0 Å². The van der Waals surface area contributed by atoms with Crippen LogP contribution in [-0.2, 0) is 0 Å². The molecule has 3 heteroatoms. The number of rotatable bonds is 3. The molecule has 0 spiro atoms. The smallest absolute Gasteiger partial charge is 0.0992 e. The van der Waals surface area contributed by atoms with E-state index < -0.39 is 0 Å². The van der Waals surface area contributed by atoms with Gasteiger partial charge in [-0.05, 0) is 24.6 Å². The Morgan fingerprint density at radius 2 is 2.33 bits per heavy atom. The predicted octanol–water partition coefficient (Wildman–Crippen LogP) is 3.04. The second kappa shape index (κ2) is 5.29. The van der Waals surface area contributed by atoms with Gasteiger partial charge in [0.1, 0.15) is 0 Å². The third-order valence-electron chi connectivity index (χ3n) is 2.03. The molecular formula is C12H11ClN2. The molecule has 2 nitrogen and oxygen atoms in total. The molecule has 0 aliphatic rings. The van der Waals surface area contributed by atoms with Gasteiger partial charge in [0.05, 0.1) is 28.4 Å². The summed E-state index contributed by atoms with van der Waals surface area (Å²) in [4.78, 5) is 0. The number of nitriles is 1. The van der Waals surface area contributed by atoms with Crippen LogP contribution >= 0.6 is 11.6 Å². The zero-order valence-electron chi connectivity index (χ0n) is 8.42. The number of terminal acetylenes is 1. The number of halogens is 1. The molecule has 0 radical (unpaired) electrons. The molecular weight excluding hydrogens is 208 g/mol. The first kappa shape index (κ1) is 11.4. The molecule has 0 heterocycles. The first-order chi connectivity index (χ1) is 7.21. The fraction of sp³-hybridized carbons (Fsp3) is 0.250. The normalized spacial score (nSPS) is 11.2. The van der Waals surface area contributed by atoms with E-state index in [1.165, 1.54) is 0 Å². The van der Waals surface area contributed by atoms with Crippen molar-refractivity contribution in [3.8, 4) is 18.4 Å². The van der Waals surface area contributed by atoms with Gasteiger partial charge in [0.25, 0.3) is 0 Å². The van der Waals surface area contributed by atoms with Gasteiger partial charge in [-0.15, -0.1) is 6.42 Å². The van der Waals surface area contributed by atoms with Gasteiger partial charge in [-0.2, -0.15) is 5.26 Å². The van der Waals surface area contributed by atoms with Gasteiger partial charge in [-0.1, -0.05) is 24.4 Å². The molecule has 1 atom stereocenters. The molecule has 0 fully saturated rings. The van der Waals surface area contributed by atoms with Crippen molar-refractivity contribution in [2.45, 2.75) is 19.4 Å². The van der Waals surface area contributed by atoms with Crippen molar-refractivity contribution in [2.24, 2.45) is 0 Å². The van der Waals surface area contributed by atoms with Gasteiger partial charge in [-0.25, -0.2) is 0 Å². The lowest BCUT2D eigenvalue weighted by atomic mass is 10.2. The minimum atomic E-state index is -0.0588. The fourth-order valence-corrected chi connectivity index (χ4v) is 1.33. The lowest BCUT2D eigenvalue weighted by Gasteiger charge is -2.13. The van der Waals surface area contributed by atoms with Crippen LogP contribution in [0.5, 0.6) is 0 Å². The molecule has 1 aromatic carbocycles. The number of anilines is 1. The number of hydrogen-bond acceptors (Lipinski definition) is 2. The van der Waals surface area contributed by atoms with Crippen molar-refractivity contribution in [3.63, 3.8) is 0 Å². The van der Waals surface area contributed by atoms with E-state index in [0.29, 0.717) is 16.3 Å². The number of benzene rings is 1. The van der Waals surface area contributed by atoms with Crippen molar-refractivity contribution in [3.05, 3.63) is 28.8 Å². The van der Waals surface area contributed by atoms with E-state index in [0.717, 1.165) is 6.42 Å². The van der Waals surface area contributed by atoms with Crippen LogP contribution in [-0.4, -0.2) is 6.04 Å². The highest BCUT2D eigenvalue weighted by atomic mass is 35.5. The minimum absolute atomic E-state index is 0.0588. The highest BCUT2D eigenvalue weighted by molar-refractivity contribution is 6.33. The maximum absolute atomic E-state index is 8.74. The number of hydrogen-bond donors (Lipinski definition) is 1. The molecule has 1 unspecified atom stereocenters. The van der Waals surface area contributed by atoms with Crippen molar-refractivity contribution >= 4 is 17.3 Å². The molecule has 0 aromatic heterocycles. The molecule has 0 amide bonds. The van der Waals surface area contributed by atoms with Crippen LogP contribution in [0, 0.1) is 23.7 Å². The first-order valence-corrected chi connectivity index (χ1v) is 5.01. The summed E-state index contributed by atoms with van der Waals surface area (Å²) >= 11 is 5.97. The highest BCUT2D eigenvalue weighted by Gasteiger charge is 2.06. The second-order valence-corrected chi connectivity index (χ2v) is 3.49. The van der Waals surface area contributed by atoms with E-state index in [4.69, 9.17) is 23.3 Å². The zero-order chi connectivity index (χ0) is 11.3. The molecule has 1 aromatic rings. The van der Waals surface area contributed by atoms with E-state index in [2.05, 4.69) is 17.3 Å². The summed E-state index contributed by atoms with van der Waals surface area (Å²) in [6.07, 6.45) is 6.14. The summed E-state index contributed by atoms with van der Waals surface area (Å²) in [6, 6.07) is 7.05. The quantitative estimate of drug-likeness (QED) is 0.792. The minimum Gasteiger partial charge on any atom is -0.370 e. The summed E-state index contributed by atoms with van der Waals surface area (Å²) in [5.74, 6) is 2.61. The van der Waals surface area contributed by atoms with E-state index in [9.17, 15) is 0 Å². The average Bonchev–Trinajstić information content (AvgIpc) is 2.28. The molecule has 1 N–H and O–H groups in total. The zero-order valence-corrected chi connectivity index (χ0v) is 9.17. The van der Waals surface area contributed by atoms with Crippen molar-refractivity contribution in [2.75, 3.05) is 5.32 Å². The van der Waals surface area contributed by atoms with E-state index in [-0.39, 0.29) is 6.04 Å². The van der Waals surface area contributed by atoms with Gasteiger partial charge in [-0.3, -0.25) is 0 Å². The average molecular weight is 219 g/mol. The fourth-order valence-electron chi connectivity index (χ4n) is 1.15. The maximum Gasteiger partial charge on any atom is 0.0992 e. The standard InChI is InChI=1S/C12H11ClN2/c1-3-10(4-2)15-12-7-9(8-14)5-6-11(12)13/h1,5-7,10,15H,4H2,2H3. The Morgan fingerprint density at radius 3 is 2.87 bits per heavy atom. The van der Waals surface area contributed by atoms with Crippen molar-refractivity contribution < 1.29 is 0 Å². The van der Waals surface area contributed by atoms with Gasteiger partial charge in [0.2, 0.25) is 0 Å². The second-order valence-electron chi connectivity index (χ2n) is 3.08. The molecule has 0 aliphatic carbocycles. The van der Waals surface area contributed by atoms with Gasteiger partial charge in [0.15, 0.2) is 0 Å². The third kappa shape index (κ3) is 2.91. The van der Waals surface area contributed by atoms with E-state index >= 15 is 0 Å². The SMILES string of the molecule is C#CC(CC)Nc1cc(C#N)ccc1Cl. The molecule has 0 saturated carbocycles. The molecule has 1 rings (SSSR count). The Kier molecular flexibility index (Phi) is 4.03. The Labute approximate surface area is 94.9 Å². The highest BCUT2D eigenvalue weighted by Crippen LogP contribution is 2.23. The van der Waals surface area contributed by atoms with Gasteiger partial charge < -0.3 is 5.32 Å². The van der Waals surface area contributed by atoms with Gasteiger partial charge in [0, 0.05) is 0 Å². The monoisotopic (exact) mass is 218 g/mol. The van der Waals surface area contributed by atoms with Crippen LogP contribution < -0.4 is 5.32 Å². The Morgan fingerprint density at radius 1 is 1.60 bits per heavy atom. The van der Waals surface area contributed by atoms with E-state index in [1.54, 1.807) is 18.2 Å². The molecule has 0 bridgehead atoms. The lowest BCUT2D eigenvalue weighted by molar-refractivity contribution is 0.858. The van der Waals surface area contributed by atoms with Crippen LogP contribution in [0.25, 0.3) is 0 Å². The van der Waals surface area contributed by atoms with Crippen LogP contribution in [0.4, 0.5) is 5.69 Å². The van der Waals surface area contributed by atoms with E-state index in [1.807, 2.05) is 6.92 Å². The van der Waals surface area contributed by atoms with Crippen LogP contribution in [0.1, 0.15) is 18.9 Å². The maximum atomic E-state index is 8.74. The summed E-state index contributed by atoms with van der Waals surface area (Å²) in [5, 5.41) is 12.4. The summed E-state index contributed by atoms with van der Waals surface area (Å²) in [7, 11) is 0. The number of nitrogens with zero attached hydrogens (tertiary/aromatic N) is 1. The van der Waals surface area contributed by atoms with Gasteiger partial charge >= 0.3 is 0 Å². The molecule has 0 saturated heterocycles. The molecule has 15 heavy (non-hydrogen) atoms. The largest absolute Gasteiger partial charge is 0.370 e. The van der Waals surface area contributed by atoms with Crippen LogP contribution in [0.2, 0.25) is 5.02 Å². The number of nitrogens with one attached hydrogen (secondary N) is 1. The molecule has 0 aliphatic heterocycles.